The second-order valence-corrected chi connectivity index (χ2v) is 6.79. The number of hydrogen-bond acceptors (Lipinski definition) is 4. The molecule has 1 aromatic carbocycles. The Morgan fingerprint density at radius 1 is 1.17 bits per heavy atom. The van der Waals surface area contributed by atoms with Gasteiger partial charge >= 0.3 is 0 Å². The van der Waals surface area contributed by atoms with E-state index in [9.17, 15) is 10.1 Å². The van der Waals surface area contributed by atoms with Gasteiger partial charge in [0.15, 0.2) is 0 Å². The van der Waals surface area contributed by atoms with Crippen molar-refractivity contribution in [2.24, 2.45) is 0 Å². The monoisotopic (exact) mass is 329 g/mol. The molecule has 1 aliphatic carbocycles. The highest BCUT2D eigenvalue weighted by Crippen LogP contribution is 2.34. The quantitative estimate of drug-likeness (QED) is 0.456. The molecule has 5 heteroatoms. The lowest BCUT2D eigenvalue weighted by Crippen LogP contribution is -2.22. The molecule has 0 saturated carbocycles. The average Bonchev–Trinajstić information content (AvgIpc) is 3.13. The van der Waals surface area contributed by atoms with E-state index in [1.54, 1.807) is 12.1 Å². The van der Waals surface area contributed by atoms with E-state index in [-0.39, 0.29) is 10.6 Å². The first-order valence-corrected chi connectivity index (χ1v) is 9.18. The number of nitrogens with zero attached hydrogens (tertiary/aromatic N) is 2. The van der Waals surface area contributed by atoms with Gasteiger partial charge in [-0.15, -0.1) is 0 Å². The van der Waals surface area contributed by atoms with E-state index < -0.39 is 0 Å². The first-order chi connectivity index (χ1) is 11.7. The lowest BCUT2D eigenvalue weighted by atomic mass is 9.92. The molecule has 0 spiro atoms. The van der Waals surface area contributed by atoms with E-state index in [0.717, 1.165) is 43.6 Å². The smallest absolute Gasteiger partial charge is 0.270 e. The van der Waals surface area contributed by atoms with Gasteiger partial charge < -0.3 is 10.2 Å². The summed E-state index contributed by atoms with van der Waals surface area (Å²) in [7, 11) is 0. The van der Waals surface area contributed by atoms with Gasteiger partial charge in [-0.25, -0.2) is 0 Å². The van der Waals surface area contributed by atoms with E-state index in [2.05, 4.69) is 16.3 Å². The molecule has 1 saturated heterocycles. The Labute approximate surface area is 143 Å². The Bertz CT molecular complexity index is 607. The highest BCUT2D eigenvalue weighted by Gasteiger charge is 2.16. The van der Waals surface area contributed by atoms with Crippen LogP contribution in [-0.2, 0) is 0 Å². The Balaban J connectivity index is 1.66. The Kier molecular flexibility index (Phi) is 5.86. The van der Waals surface area contributed by atoms with Gasteiger partial charge in [-0.1, -0.05) is 6.08 Å². The SMILES string of the molecule is O=[N+]([O-])c1ccc(NCCCN2CCCC2)c(C2=CCCCC2)c1. The average molecular weight is 329 g/mol. The molecule has 0 atom stereocenters. The molecule has 0 bridgehead atoms. The van der Waals surface area contributed by atoms with Crippen LogP contribution in [0.25, 0.3) is 5.57 Å². The molecular weight excluding hydrogens is 302 g/mol. The fourth-order valence-electron chi connectivity index (χ4n) is 3.68. The molecule has 1 aromatic rings. The topological polar surface area (TPSA) is 58.4 Å². The van der Waals surface area contributed by atoms with E-state index in [1.165, 1.54) is 44.3 Å². The first-order valence-electron chi connectivity index (χ1n) is 9.18. The maximum Gasteiger partial charge on any atom is 0.270 e. The minimum atomic E-state index is -0.302. The third-order valence-electron chi connectivity index (χ3n) is 5.02. The molecule has 0 amide bonds. The summed E-state index contributed by atoms with van der Waals surface area (Å²) in [6, 6.07) is 5.22. The molecule has 1 fully saturated rings. The lowest BCUT2D eigenvalue weighted by Gasteiger charge is -2.19. The summed E-state index contributed by atoms with van der Waals surface area (Å²) in [6.45, 7) is 4.51. The third kappa shape index (κ3) is 4.35. The number of nitrogens with one attached hydrogen (secondary N) is 1. The fraction of sp³-hybridized carbons (Fsp3) is 0.579. The van der Waals surface area contributed by atoms with Crippen LogP contribution in [0.4, 0.5) is 11.4 Å². The molecule has 0 unspecified atom stereocenters. The van der Waals surface area contributed by atoms with E-state index in [1.807, 2.05) is 6.07 Å². The minimum Gasteiger partial charge on any atom is -0.384 e. The number of allylic oxidation sites excluding steroid dienone is 2. The zero-order chi connectivity index (χ0) is 16.8. The van der Waals surface area contributed by atoms with Gasteiger partial charge in [0.05, 0.1) is 4.92 Å². The van der Waals surface area contributed by atoms with Crippen molar-refractivity contribution < 1.29 is 4.92 Å². The molecule has 1 aliphatic heterocycles. The van der Waals surface area contributed by atoms with Gasteiger partial charge in [-0.3, -0.25) is 10.1 Å². The number of likely N-dealkylation sites (tertiary alicyclic amines) is 1. The van der Waals surface area contributed by atoms with Crippen LogP contribution in [0.3, 0.4) is 0 Å². The molecule has 2 aliphatic rings. The number of hydrogen-bond donors (Lipinski definition) is 1. The zero-order valence-electron chi connectivity index (χ0n) is 14.3. The number of benzene rings is 1. The molecule has 5 nitrogen and oxygen atoms in total. The van der Waals surface area contributed by atoms with Crippen LogP contribution in [0.15, 0.2) is 24.3 Å². The number of non-ortho nitro benzene ring substituents is 1. The van der Waals surface area contributed by atoms with Crippen LogP contribution in [0.5, 0.6) is 0 Å². The van der Waals surface area contributed by atoms with Gasteiger partial charge in [0.1, 0.15) is 0 Å². The predicted octanol–water partition coefficient (Wildman–Crippen LogP) is 4.45. The second-order valence-electron chi connectivity index (χ2n) is 6.79. The summed E-state index contributed by atoms with van der Waals surface area (Å²) in [4.78, 5) is 13.3. The van der Waals surface area contributed by atoms with Crippen LogP contribution >= 0.6 is 0 Å². The predicted molar refractivity (Wildman–Crippen MR) is 98.3 cm³/mol. The number of nitro benzene ring substituents is 1. The van der Waals surface area contributed by atoms with Crippen LogP contribution in [0.2, 0.25) is 0 Å². The lowest BCUT2D eigenvalue weighted by molar-refractivity contribution is -0.384. The maximum absolute atomic E-state index is 11.1. The summed E-state index contributed by atoms with van der Waals surface area (Å²) in [5.41, 5.74) is 3.49. The highest BCUT2D eigenvalue weighted by atomic mass is 16.6. The molecule has 130 valence electrons. The van der Waals surface area contributed by atoms with Gasteiger partial charge in [-0.2, -0.15) is 0 Å². The molecule has 0 aromatic heterocycles. The molecular formula is C19H27N3O2. The van der Waals surface area contributed by atoms with Crippen molar-refractivity contribution in [1.29, 1.82) is 0 Å². The van der Waals surface area contributed by atoms with Crippen molar-refractivity contribution in [2.75, 3.05) is 31.5 Å². The maximum atomic E-state index is 11.1. The molecule has 1 N–H and O–H groups in total. The van der Waals surface area contributed by atoms with Crippen molar-refractivity contribution in [3.8, 4) is 0 Å². The summed E-state index contributed by atoms with van der Waals surface area (Å²) >= 11 is 0. The van der Waals surface area contributed by atoms with E-state index in [4.69, 9.17) is 0 Å². The number of anilines is 1. The van der Waals surface area contributed by atoms with E-state index >= 15 is 0 Å². The van der Waals surface area contributed by atoms with Crippen molar-refractivity contribution >= 4 is 16.9 Å². The summed E-state index contributed by atoms with van der Waals surface area (Å²) < 4.78 is 0. The number of nitro groups is 1. The molecule has 0 radical (unpaired) electrons. The van der Waals surface area contributed by atoms with Crippen molar-refractivity contribution in [2.45, 2.75) is 44.9 Å². The highest BCUT2D eigenvalue weighted by molar-refractivity contribution is 5.78. The fourth-order valence-corrected chi connectivity index (χ4v) is 3.68. The van der Waals surface area contributed by atoms with Crippen molar-refractivity contribution in [3.63, 3.8) is 0 Å². The second kappa shape index (κ2) is 8.29. The van der Waals surface area contributed by atoms with Crippen molar-refractivity contribution in [1.82, 2.24) is 4.90 Å². The Hall–Kier alpha value is -1.88. The largest absolute Gasteiger partial charge is 0.384 e. The van der Waals surface area contributed by atoms with E-state index in [0.29, 0.717) is 0 Å². The first kappa shape index (κ1) is 17.0. The third-order valence-corrected chi connectivity index (χ3v) is 5.02. The van der Waals surface area contributed by atoms with Crippen LogP contribution < -0.4 is 5.32 Å². The van der Waals surface area contributed by atoms with Gasteiger partial charge in [-0.05, 0) is 76.2 Å². The van der Waals surface area contributed by atoms with Crippen LogP contribution in [0, 0.1) is 10.1 Å². The summed E-state index contributed by atoms with van der Waals surface area (Å²) in [5, 5.41) is 14.6. The van der Waals surface area contributed by atoms with Crippen molar-refractivity contribution in [3.05, 3.63) is 40.0 Å². The van der Waals surface area contributed by atoms with Crippen LogP contribution in [0.1, 0.15) is 50.5 Å². The van der Waals surface area contributed by atoms with Gasteiger partial charge in [0, 0.05) is 29.9 Å². The van der Waals surface area contributed by atoms with Gasteiger partial charge in [0.25, 0.3) is 5.69 Å². The molecule has 24 heavy (non-hydrogen) atoms. The summed E-state index contributed by atoms with van der Waals surface area (Å²) in [6.07, 6.45) is 10.5. The van der Waals surface area contributed by atoms with Gasteiger partial charge in [0.2, 0.25) is 0 Å². The number of rotatable bonds is 7. The Morgan fingerprint density at radius 3 is 2.71 bits per heavy atom. The standard InChI is InChI=1S/C19H27N3O2/c23-22(24)17-9-10-19(18(15-17)16-7-2-1-3-8-16)20-11-6-14-21-12-4-5-13-21/h7,9-10,15,20H,1-6,8,11-14H2. The normalized spacial score (nSPS) is 18.4. The Morgan fingerprint density at radius 2 is 2.00 bits per heavy atom. The zero-order valence-corrected chi connectivity index (χ0v) is 14.3. The molecule has 3 rings (SSSR count). The summed E-state index contributed by atoms with van der Waals surface area (Å²) in [5.74, 6) is 0. The minimum absolute atomic E-state index is 0.180. The van der Waals surface area contributed by atoms with Crippen LogP contribution in [-0.4, -0.2) is 36.0 Å². The molecule has 1 heterocycles.